The van der Waals surface area contributed by atoms with Crippen LogP contribution in [0.4, 0.5) is 0 Å². The average Bonchev–Trinajstić information content (AvgIpc) is 3.12. The van der Waals surface area contributed by atoms with Gasteiger partial charge in [0, 0.05) is 25.3 Å². The van der Waals surface area contributed by atoms with Crippen LogP contribution in [0.2, 0.25) is 0 Å². The fourth-order valence-electron chi connectivity index (χ4n) is 2.74. The second-order valence-electron chi connectivity index (χ2n) is 5.59. The molecule has 2 fully saturated rings. The number of rotatable bonds is 5. The Labute approximate surface area is 128 Å². The third kappa shape index (κ3) is 3.70. The first-order valence-electron chi connectivity index (χ1n) is 7.43. The number of carboxylic acid groups (broad SMARTS) is 1. The monoisotopic (exact) mass is 314 g/mol. The van der Waals surface area contributed by atoms with Gasteiger partial charge in [0.05, 0.1) is 11.8 Å². The van der Waals surface area contributed by atoms with Gasteiger partial charge in [0.1, 0.15) is 6.04 Å². The fraction of sp³-hybridized carbons (Fsp3) is 0.786. The van der Waals surface area contributed by atoms with Gasteiger partial charge in [-0.3, -0.25) is 14.4 Å². The molecule has 21 heavy (non-hydrogen) atoms. The normalized spacial score (nSPS) is 25.4. The number of carbonyl (C=O) groups is 3. The highest BCUT2D eigenvalue weighted by molar-refractivity contribution is 7.99. The summed E-state index contributed by atoms with van der Waals surface area (Å²) in [6, 6.07) is -0.410. The van der Waals surface area contributed by atoms with Crippen molar-refractivity contribution in [1.29, 1.82) is 0 Å². The molecule has 0 saturated carbocycles. The summed E-state index contributed by atoms with van der Waals surface area (Å²) in [5.41, 5.74) is 0. The number of carbonyl (C=O) groups excluding carboxylic acids is 2. The van der Waals surface area contributed by atoms with Crippen LogP contribution in [-0.4, -0.2) is 63.5 Å². The lowest BCUT2D eigenvalue weighted by atomic mass is 10.1. The van der Waals surface area contributed by atoms with Crippen LogP contribution in [0.3, 0.4) is 0 Å². The molecular formula is C14H22N2O4S. The number of likely N-dealkylation sites (tertiary alicyclic amines) is 1. The lowest BCUT2D eigenvalue weighted by molar-refractivity contribution is -0.144. The van der Waals surface area contributed by atoms with Gasteiger partial charge in [0.2, 0.25) is 11.8 Å². The Morgan fingerprint density at radius 2 is 2.10 bits per heavy atom. The first-order chi connectivity index (χ1) is 10.0. The van der Waals surface area contributed by atoms with E-state index in [4.69, 9.17) is 5.11 Å². The van der Waals surface area contributed by atoms with Gasteiger partial charge in [-0.1, -0.05) is 13.3 Å². The maximum atomic E-state index is 12.5. The van der Waals surface area contributed by atoms with E-state index in [0.29, 0.717) is 31.0 Å². The van der Waals surface area contributed by atoms with E-state index >= 15 is 0 Å². The zero-order chi connectivity index (χ0) is 15.4. The SMILES string of the molecule is CCCCC(=O)N1CSCC1C(=O)N1CCC(C(=O)O)C1. The van der Waals surface area contributed by atoms with Crippen molar-refractivity contribution in [3.8, 4) is 0 Å². The molecule has 2 atom stereocenters. The van der Waals surface area contributed by atoms with Crippen molar-refractivity contribution < 1.29 is 19.5 Å². The number of aliphatic carboxylic acids is 1. The highest BCUT2D eigenvalue weighted by Gasteiger charge is 2.39. The van der Waals surface area contributed by atoms with Gasteiger partial charge in [-0.2, -0.15) is 0 Å². The van der Waals surface area contributed by atoms with E-state index in [9.17, 15) is 14.4 Å². The summed E-state index contributed by atoms with van der Waals surface area (Å²) in [6.07, 6.45) is 2.78. The first-order valence-corrected chi connectivity index (χ1v) is 8.58. The summed E-state index contributed by atoms with van der Waals surface area (Å²) in [5.74, 6) is -0.183. The summed E-state index contributed by atoms with van der Waals surface area (Å²) < 4.78 is 0. The Kier molecular flexibility index (Phi) is 5.50. The zero-order valence-electron chi connectivity index (χ0n) is 12.3. The van der Waals surface area contributed by atoms with Gasteiger partial charge < -0.3 is 14.9 Å². The van der Waals surface area contributed by atoms with Crippen molar-refractivity contribution in [2.45, 2.75) is 38.6 Å². The molecule has 2 heterocycles. The molecule has 1 N–H and O–H groups in total. The van der Waals surface area contributed by atoms with E-state index in [1.807, 2.05) is 6.92 Å². The third-order valence-corrected chi connectivity index (χ3v) is 5.09. The quantitative estimate of drug-likeness (QED) is 0.819. The minimum Gasteiger partial charge on any atom is -0.481 e. The summed E-state index contributed by atoms with van der Waals surface area (Å²) in [4.78, 5) is 38.9. The standard InChI is InChI=1S/C14H22N2O4S/c1-2-3-4-12(17)16-9-21-8-11(16)13(18)15-6-5-10(7-15)14(19)20/h10-11H,2-9H2,1H3,(H,19,20). The van der Waals surface area contributed by atoms with Gasteiger partial charge in [-0.15, -0.1) is 11.8 Å². The summed E-state index contributed by atoms with van der Waals surface area (Å²) >= 11 is 1.59. The van der Waals surface area contributed by atoms with Crippen LogP contribution >= 0.6 is 11.8 Å². The first kappa shape index (κ1) is 16.1. The molecule has 2 amide bonds. The maximum Gasteiger partial charge on any atom is 0.308 e. The van der Waals surface area contributed by atoms with E-state index in [2.05, 4.69) is 0 Å². The summed E-state index contributed by atoms with van der Waals surface area (Å²) in [7, 11) is 0. The maximum absolute atomic E-state index is 12.5. The van der Waals surface area contributed by atoms with Crippen molar-refractivity contribution in [3.63, 3.8) is 0 Å². The van der Waals surface area contributed by atoms with Crippen LogP contribution < -0.4 is 0 Å². The minimum absolute atomic E-state index is 0.0363. The second-order valence-corrected chi connectivity index (χ2v) is 6.59. The summed E-state index contributed by atoms with van der Waals surface area (Å²) in [6.45, 7) is 2.78. The third-order valence-electron chi connectivity index (χ3n) is 4.08. The average molecular weight is 314 g/mol. The zero-order valence-corrected chi connectivity index (χ0v) is 13.1. The van der Waals surface area contributed by atoms with E-state index in [1.54, 1.807) is 21.6 Å². The Bertz CT molecular complexity index is 429. The Morgan fingerprint density at radius 3 is 2.71 bits per heavy atom. The number of hydrogen-bond acceptors (Lipinski definition) is 4. The van der Waals surface area contributed by atoms with Crippen LogP contribution in [0.25, 0.3) is 0 Å². The van der Waals surface area contributed by atoms with Crippen molar-refractivity contribution >= 4 is 29.5 Å². The molecule has 0 radical (unpaired) electrons. The molecule has 0 bridgehead atoms. The van der Waals surface area contributed by atoms with Crippen LogP contribution in [0, 0.1) is 5.92 Å². The molecule has 6 nitrogen and oxygen atoms in total. The predicted molar refractivity (Wildman–Crippen MR) is 79.8 cm³/mol. The highest BCUT2D eigenvalue weighted by Crippen LogP contribution is 2.26. The highest BCUT2D eigenvalue weighted by atomic mass is 32.2. The van der Waals surface area contributed by atoms with Gasteiger partial charge in [-0.05, 0) is 12.8 Å². The molecule has 2 aliphatic heterocycles. The fourth-order valence-corrected chi connectivity index (χ4v) is 3.91. The van der Waals surface area contributed by atoms with Crippen molar-refractivity contribution in [2.24, 2.45) is 5.92 Å². The van der Waals surface area contributed by atoms with Gasteiger partial charge in [-0.25, -0.2) is 0 Å². The Hall–Kier alpha value is -1.24. The second kappa shape index (κ2) is 7.15. The largest absolute Gasteiger partial charge is 0.481 e. The van der Waals surface area contributed by atoms with Crippen LogP contribution in [0.15, 0.2) is 0 Å². The molecule has 0 aromatic heterocycles. The van der Waals surface area contributed by atoms with E-state index in [-0.39, 0.29) is 18.4 Å². The number of thioether (sulfide) groups is 1. The van der Waals surface area contributed by atoms with E-state index < -0.39 is 17.9 Å². The van der Waals surface area contributed by atoms with Crippen LogP contribution in [-0.2, 0) is 14.4 Å². The molecule has 2 saturated heterocycles. The number of nitrogens with zero attached hydrogens (tertiary/aromatic N) is 2. The predicted octanol–water partition coefficient (Wildman–Crippen LogP) is 1.01. The number of hydrogen-bond donors (Lipinski definition) is 1. The van der Waals surface area contributed by atoms with Gasteiger partial charge in [0.25, 0.3) is 0 Å². The Morgan fingerprint density at radius 1 is 1.33 bits per heavy atom. The molecule has 2 rings (SSSR count). The lowest BCUT2D eigenvalue weighted by Crippen LogP contribution is -2.48. The molecule has 0 aromatic rings. The van der Waals surface area contributed by atoms with Gasteiger partial charge >= 0.3 is 5.97 Å². The van der Waals surface area contributed by atoms with Crippen LogP contribution in [0.5, 0.6) is 0 Å². The van der Waals surface area contributed by atoms with E-state index in [1.165, 1.54) is 0 Å². The number of amides is 2. The van der Waals surface area contributed by atoms with Crippen LogP contribution in [0.1, 0.15) is 32.6 Å². The van der Waals surface area contributed by atoms with Crippen molar-refractivity contribution in [1.82, 2.24) is 9.80 Å². The molecule has 2 aliphatic rings. The Balaban J connectivity index is 1.95. The molecule has 0 aromatic carbocycles. The van der Waals surface area contributed by atoms with Crippen molar-refractivity contribution in [2.75, 3.05) is 24.7 Å². The molecule has 118 valence electrons. The lowest BCUT2D eigenvalue weighted by Gasteiger charge is -2.27. The topological polar surface area (TPSA) is 77.9 Å². The van der Waals surface area contributed by atoms with Crippen molar-refractivity contribution in [3.05, 3.63) is 0 Å². The summed E-state index contributed by atoms with van der Waals surface area (Å²) in [5, 5.41) is 9.01. The molecule has 0 spiro atoms. The number of carboxylic acids is 1. The molecule has 2 unspecified atom stereocenters. The smallest absolute Gasteiger partial charge is 0.308 e. The van der Waals surface area contributed by atoms with Gasteiger partial charge in [0.15, 0.2) is 0 Å². The number of unbranched alkanes of at least 4 members (excludes halogenated alkanes) is 1. The molecular weight excluding hydrogens is 292 g/mol. The molecule has 7 heteroatoms. The molecule has 0 aliphatic carbocycles. The minimum atomic E-state index is -0.845. The van der Waals surface area contributed by atoms with E-state index in [0.717, 1.165) is 12.8 Å².